The first-order chi connectivity index (χ1) is 43.7. The van der Waals surface area contributed by atoms with Crippen LogP contribution in [0.1, 0.15) is 0 Å². The van der Waals surface area contributed by atoms with Crippen LogP contribution in [0.4, 0.5) is 0 Å². The highest BCUT2D eigenvalue weighted by molar-refractivity contribution is 6.19. The number of aromatic nitrogens is 9. The number of hydrogen-bond donors (Lipinski definition) is 0. The van der Waals surface area contributed by atoms with Crippen molar-refractivity contribution in [3.8, 4) is 68.2 Å². The molecule has 0 aliphatic carbocycles. The van der Waals surface area contributed by atoms with Crippen LogP contribution >= 0.6 is 0 Å². The highest BCUT2D eigenvalue weighted by Crippen LogP contribution is 2.41. The van der Waals surface area contributed by atoms with Crippen LogP contribution in [0.5, 0.6) is 0 Å². The minimum Gasteiger partial charge on any atom is -0.309 e. The van der Waals surface area contributed by atoms with Crippen LogP contribution < -0.4 is 0 Å². The lowest BCUT2D eigenvalue weighted by Gasteiger charge is -2.11. The van der Waals surface area contributed by atoms with E-state index in [-0.39, 0.29) is 0 Å². The van der Waals surface area contributed by atoms with Crippen LogP contribution in [0.3, 0.4) is 0 Å². The van der Waals surface area contributed by atoms with Gasteiger partial charge in [0.05, 0.1) is 49.8 Å². The molecule has 0 aliphatic rings. The molecular weight excluding hydrogens is 1070 g/mol. The Balaban J connectivity index is 0.000000158. The summed E-state index contributed by atoms with van der Waals surface area (Å²) < 4.78 is 9.22. The standard InChI is InChI=1S/C49H31N7.C30H20N2/c1-3-11-32(12-4-1)47-52-48(33-13-5-2-6-14-33)54-49(53-47)56-44-18-10-8-16-39(44)41-30-35(21-24-46(41)56)42-22-19-36(31-51-42)34-20-23-45-40(29-34)38-15-7-9-17-43(38)55(45)37-25-27-50-28-26-37;1-3-11-21(12-4-1)31-27-17-9-7-15-23(27)25-20-30-26(19-29(25)31)24-16-8-10-18-28(24)32(30)22-13-5-2-6-14-22/h1-31H;1-20H. The third kappa shape index (κ3) is 8.43. The average Bonchev–Trinajstić information content (AvgIpc) is 1.78. The van der Waals surface area contributed by atoms with E-state index in [0.717, 1.165) is 66.5 Å². The first kappa shape index (κ1) is 50.4. The molecule has 0 saturated carbocycles. The van der Waals surface area contributed by atoms with Gasteiger partial charge in [0.1, 0.15) is 0 Å². The zero-order valence-corrected chi connectivity index (χ0v) is 47.5. The summed E-state index contributed by atoms with van der Waals surface area (Å²) in [7, 11) is 0. The summed E-state index contributed by atoms with van der Waals surface area (Å²) in [5.74, 6) is 1.82. The van der Waals surface area contributed by atoms with Crippen molar-refractivity contribution in [3.05, 3.63) is 310 Å². The van der Waals surface area contributed by atoms with Gasteiger partial charge in [-0.3, -0.25) is 14.5 Å². The Labute approximate surface area is 505 Å². The van der Waals surface area contributed by atoms with Gasteiger partial charge in [-0.1, -0.05) is 188 Å². The molecule has 0 atom stereocenters. The Morgan fingerprint density at radius 2 is 0.591 bits per heavy atom. The molecule has 0 bridgehead atoms. The lowest BCUT2D eigenvalue weighted by Crippen LogP contribution is -2.06. The summed E-state index contributed by atoms with van der Waals surface area (Å²) >= 11 is 0. The van der Waals surface area contributed by atoms with E-state index in [1.807, 2.05) is 91.4 Å². The summed E-state index contributed by atoms with van der Waals surface area (Å²) in [6, 6.07) is 102. The summed E-state index contributed by atoms with van der Waals surface area (Å²) in [5.41, 5.74) is 18.7. The maximum absolute atomic E-state index is 5.07. The molecular formula is C79H51N9. The zero-order valence-electron chi connectivity index (χ0n) is 47.5. The van der Waals surface area contributed by atoms with Crippen molar-refractivity contribution < 1.29 is 0 Å². The van der Waals surface area contributed by atoms with E-state index in [9.17, 15) is 0 Å². The van der Waals surface area contributed by atoms with Crippen LogP contribution in [-0.4, -0.2) is 43.2 Å². The van der Waals surface area contributed by atoms with E-state index in [2.05, 4.69) is 242 Å². The minimum atomic E-state index is 0.569. The third-order valence-corrected chi connectivity index (χ3v) is 17.0. The fourth-order valence-corrected chi connectivity index (χ4v) is 13.0. The predicted octanol–water partition coefficient (Wildman–Crippen LogP) is 19.4. The molecule has 412 valence electrons. The Morgan fingerprint density at radius 3 is 1.07 bits per heavy atom. The zero-order chi connectivity index (χ0) is 58.1. The fourth-order valence-electron chi connectivity index (χ4n) is 13.0. The number of rotatable bonds is 8. The maximum Gasteiger partial charge on any atom is 0.238 e. The third-order valence-electron chi connectivity index (χ3n) is 17.0. The molecule has 7 aromatic heterocycles. The van der Waals surface area contributed by atoms with Crippen LogP contribution in [0.15, 0.2) is 310 Å². The fraction of sp³-hybridized carbons (Fsp3) is 0. The number of fused-ring (bicyclic) bond motifs is 12. The molecule has 0 radical (unpaired) electrons. The van der Waals surface area contributed by atoms with Gasteiger partial charge < -0.3 is 13.7 Å². The second-order valence-corrected chi connectivity index (χ2v) is 22.1. The van der Waals surface area contributed by atoms with Crippen molar-refractivity contribution in [2.24, 2.45) is 0 Å². The normalized spacial score (nSPS) is 11.6. The van der Waals surface area contributed by atoms with Gasteiger partial charge in [-0.15, -0.1) is 0 Å². The van der Waals surface area contributed by atoms with E-state index in [0.29, 0.717) is 17.6 Å². The number of nitrogens with zero attached hydrogens (tertiary/aromatic N) is 9. The second kappa shape index (κ2) is 20.9. The summed E-state index contributed by atoms with van der Waals surface area (Å²) in [6.45, 7) is 0. The van der Waals surface area contributed by atoms with E-state index >= 15 is 0 Å². The smallest absolute Gasteiger partial charge is 0.238 e. The first-order valence-electron chi connectivity index (χ1n) is 29.5. The Bertz CT molecular complexity index is 5460. The Kier molecular flexibility index (Phi) is 12.0. The first-order valence-corrected chi connectivity index (χ1v) is 29.5. The van der Waals surface area contributed by atoms with Crippen LogP contribution in [0.2, 0.25) is 0 Å². The van der Waals surface area contributed by atoms with E-state index in [1.165, 1.54) is 71.3 Å². The predicted molar refractivity (Wildman–Crippen MR) is 361 cm³/mol. The summed E-state index contributed by atoms with van der Waals surface area (Å²) in [5, 5.41) is 9.73. The molecule has 18 rings (SSSR count). The molecule has 11 aromatic carbocycles. The van der Waals surface area contributed by atoms with Gasteiger partial charge in [0.2, 0.25) is 5.95 Å². The molecule has 0 spiro atoms. The molecule has 0 saturated heterocycles. The van der Waals surface area contributed by atoms with E-state index in [1.54, 1.807) is 0 Å². The van der Waals surface area contributed by atoms with Crippen molar-refractivity contribution in [3.63, 3.8) is 0 Å². The van der Waals surface area contributed by atoms with Crippen LogP contribution in [0, 0.1) is 0 Å². The van der Waals surface area contributed by atoms with Crippen molar-refractivity contribution in [1.82, 2.24) is 43.2 Å². The Morgan fingerprint density at radius 1 is 0.227 bits per heavy atom. The van der Waals surface area contributed by atoms with Gasteiger partial charge in [-0.2, -0.15) is 9.97 Å². The van der Waals surface area contributed by atoms with Gasteiger partial charge in [0.15, 0.2) is 11.6 Å². The molecule has 0 amide bonds. The van der Waals surface area contributed by atoms with Gasteiger partial charge in [-0.25, -0.2) is 4.98 Å². The highest BCUT2D eigenvalue weighted by atomic mass is 15.2. The Hall–Kier alpha value is -12.1. The van der Waals surface area contributed by atoms with E-state index < -0.39 is 0 Å². The lowest BCUT2D eigenvalue weighted by atomic mass is 10.0. The number of para-hydroxylation sites is 6. The van der Waals surface area contributed by atoms with Crippen molar-refractivity contribution >= 4 is 87.2 Å². The molecule has 9 nitrogen and oxygen atoms in total. The molecule has 0 fully saturated rings. The topological polar surface area (TPSA) is 84.2 Å². The SMILES string of the molecule is c1ccc(-c2nc(-c3ccccc3)nc(-n3c4ccccc4c4cc(-c5ccc(-c6ccc7c(c6)c6ccccc6n7-c6ccncc6)cn5)ccc43)n2)cc1.c1ccc(-n2c3ccccc3c3cc4c(cc32)c2ccccc2n4-c2ccccc2)cc1. The van der Waals surface area contributed by atoms with Gasteiger partial charge >= 0.3 is 0 Å². The number of benzene rings is 11. The largest absolute Gasteiger partial charge is 0.309 e. The lowest BCUT2D eigenvalue weighted by molar-refractivity contribution is 0.953. The average molecular weight is 1130 g/mol. The van der Waals surface area contributed by atoms with Gasteiger partial charge in [0.25, 0.3) is 0 Å². The molecule has 7 heterocycles. The summed E-state index contributed by atoms with van der Waals surface area (Å²) in [4.78, 5) is 24.3. The monoisotopic (exact) mass is 1130 g/mol. The molecule has 9 heteroatoms. The molecule has 18 aromatic rings. The molecule has 0 aliphatic heterocycles. The van der Waals surface area contributed by atoms with E-state index in [4.69, 9.17) is 19.9 Å². The van der Waals surface area contributed by atoms with Crippen LogP contribution in [-0.2, 0) is 0 Å². The van der Waals surface area contributed by atoms with Gasteiger partial charge in [-0.05, 0) is 109 Å². The maximum atomic E-state index is 5.07. The minimum absolute atomic E-state index is 0.569. The molecule has 88 heavy (non-hydrogen) atoms. The van der Waals surface area contributed by atoms with Crippen molar-refractivity contribution in [2.45, 2.75) is 0 Å². The summed E-state index contributed by atoms with van der Waals surface area (Å²) in [6.07, 6.45) is 5.66. The van der Waals surface area contributed by atoms with Crippen LogP contribution in [0.25, 0.3) is 155 Å². The van der Waals surface area contributed by atoms with Gasteiger partial charge in [0, 0.05) is 101 Å². The van der Waals surface area contributed by atoms with Crippen molar-refractivity contribution in [1.29, 1.82) is 0 Å². The second-order valence-electron chi connectivity index (χ2n) is 22.1. The number of hydrogen-bond acceptors (Lipinski definition) is 5. The molecule has 0 N–H and O–H groups in total. The quantitative estimate of drug-likeness (QED) is 0.151. The highest BCUT2D eigenvalue weighted by Gasteiger charge is 2.21. The number of pyridine rings is 2. The van der Waals surface area contributed by atoms with Crippen molar-refractivity contribution in [2.75, 3.05) is 0 Å². The molecule has 0 unspecified atom stereocenters.